The minimum atomic E-state index is -0.274. The van der Waals surface area contributed by atoms with Crippen LogP contribution in [-0.4, -0.2) is 43.6 Å². The van der Waals surface area contributed by atoms with Crippen molar-refractivity contribution in [3.8, 4) is 17.2 Å². The summed E-state index contributed by atoms with van der Waals surface area (Å²) in [5, 5.41) is 30.3. The smallest absolute Gasteiger partial charge is 0.227 e. The molecule has 3 atom stereocenters. The Bertz CT molecular complexity index is 1130. The highest BCUT2D eigenvalue weighted by atomic mass is 16.5. The van der Waals surface area contributed by atoms with Crippen molar-refractivity contribution in [2.45, 2.75) is 56.9 Å². The van der Waals surface area contributed by atoms with E-state index in [9.17, 15) is 10.4 Å². The molecule has 3 aromatic rings. The van der Waals surface area contributed by atoms with Crippen molar-refractivity contribution in [2.24, 2.45) is 0 Å². The van der Waals surface area contributed by atoms with Gasteiger partial charge in [-0.15, -0.1) is 0 Å². The summed E-state index contributed by atoms with van der Waals surface area (Å²) in [6, 6.07) is 7.87. The lowest BCUT2D eigenvalue weighted by molar-refractivity contribution is -0.0394. The van der Waals surface area contributed by atoms with Crippen LogP contribution in [0, 0.1) is 11.3 Å². The third-order valence-corrected chi connectivity index (χ3v) is 6.20. The van der Waals surface area contributed by atoms with Crippen LogP contribution in [0.15, 0.2) is 43.0 Å². The number of hydrogen-bond donors (Lipinski definition) is 3. The molecule has 0 spiro atoms. The van der Waals surface area contributed by atoms with Crippen molar-refractivity contribution >= 4 is 17.3 Å². The molecule has 1 aliphatic heterocycles. The molecule has 1 saturated carbocycles. The fourth-order valence-corrected chi connectivity index (χ4v) is 4.40. The van der Waals surface area contributed by atoms with Gasteiger partial charge in [0.25, 0.3) is 0 Å². The Hall–Kier alpha value is -3.48. The van der Waals surface area contributed by atoms with E-state index >= 15 is 0 Å². The molecular weight excluding hydrogens is 418 g/mol. The van der Waals surface area contributed by atoms with Crippen molar-refractivity contribution in [3.63, 3.8) is 0 Å². The van der Waals surface area contributed by atoms with Crippen LogP contribution >= 0.6 is 0 Å². The zero-order valence-electron chi connectivity index (χ0n) is 18.3. The topological polar surface area (TPSA) is 121 Å². The van der Waals surface area contributed by atoms with Crippen LogP contribution in [-0.2, 0) is 4.74 Å². The molecule has 1 aliphatic carbocycles. The summed E-state index contributed by atoms with van der Waals surface area (Å²) in [7, 11) is 0. The van der Waals surface area contributed by atoms with Gasteiger partial charge < -0.3 is 20.5 Å². The number of aliphatic hydroxyl groups excluding tert-OH is 1. The highest BCUT2D eigenvalue weighted by Gasteiger charge is 2.23. The lowest BCUT2D eigenvalue weighted by Crippen LogP contribution is -2.18. The molecule has 2 fully saturated rings. The van der Waals surface area contributed by atoms with Gasteiger partial charge in [-0.25, -0.2) is 14.6 Å². The van der Waals surface area contributed by atoms with Crippen LogP contribution < -0.4 is 10.6 Å². The second-order valence-corrected chi connectivity index (χ2v) is 8.63. The Kier molecular flexibility index (Phi) is 6.19. The molecule has 33 heavy (non-hydrogen) atoms. The molecule has 2 aliphatic rings. The molecule has 0 bridgehead atoms. The molecule has 2 aromatic heterocycles. The van der Waals surface area contributed by atoms with E-state index in [1.165, 1.54) is 0 Å². The molecule has 0 amide bonds. The first-order valence-corrected chi connectivity index (χ1v) is 11.4. The summed E-state index contributed by atoms with van der Waals surface area (Å²) in [4.78, 5) is 8.90. The molecule has 9 nitrogen and oxygen atoms in total. The highest BCUT2D eigenvalue weighted by molar-refractivity contribution is 5.68. The first kappa shape index (κ1) is 21.4. The van der Waals surface area contributed by atoms with Crippen molar-refractivity contribution < 1.29 is 9.84 Å². The standard InChI is InChI=1S/C24H27N7O2/c25-11-16-4-5-20(10-22(16)29-19-6-7-21(32)9-19)30-24-26-12-17(13-27-24)18-14-28-31(15-18)23-3-1-2-8-33-23/h4-5,10,12-15,19,21,23,29,32H,1-3,6-9H2,(H,26,27,30). The SMILES string of the molecule is N#Cc1ccc(Nc2ncc(-c3cnn(C4CCCCO4)c3)cn2)cc1NC1CCC(O)C1. The Labute approximate surface area is 192 Å². The van der Waals surface area contributed by atoms with Gasteiger partial charge in [0.05, 0.1) is 23.6 Å². The third-order valence-electron chi connectivity index (χ3n) is 6.20. The first-order valence-electron chi connectivity index (χ1n) is 11.4. The van der Waals surface area contributed by atoms with E-state index in [2.05, 4.69) is 31.8 Å². The Morgan fingerprint density at radius 1 is 1.09 bits per heavy atom. The Morgan fingerprint density at radius 2 is 1.97 bits per heavy atom. The van der Waals surface area contributed by atoms with E-state index in [1.54, 1.807) is 18.5 Å². The number of nitrogens with zero attached hydrogens (tertiary/aromatic N) is 5. The van der Waals surface area contributed by atoms with Gasteiger partial charge in [-0.2, -0.15) is 10.4 Å². The summed E-state index contributed by atoms with van der Waals surface area (Å²) in [6.07, 6.45) is 12.6. The van der Waals surface area contributed by atoms with E-state index in [0.717, 1.165) is 61.2 Å². The molecule has 3 heterocycles. The fourth-order valence-electron chi connectivity index (χ4n) is 4.40. The predicted molar refractivity (Wildman–Crippen MR) is 124 cm³/mol. The maximum Gasteiger partial charge on any atom is 0.227 e. The number of nitrogens with one attached hydrogen (secondary N) is 2. The number of nitriles is 1. The van der Waals surface area contributed by atoms with Crippen molar-refractivity contribution in [1.29, 1.82) is 5.26 Å². The van der Waals surface area contributed by atoms with Gasteiger partial charge in [0, 0.05) is 48.1 Å². The highest BCUT2D eigenvalue weighted by Crippen LogP contribution is 2.28. The normalized spacial score (nSPS) is 22.6. The number of rotatable bonds is 6. The molecular formula is C24H27N7O2. The Balaban J connectivity index is 1.27. The van der Waals surface area contributed by atoms with E-state index < -0.39 is 0 Å². The fraction of sp³-hybridized carbons (Fsp3) is 0.417. The van der Waals surface area contributed by atoms with E-state index in [-0.39, 0.29) is 18.4 Å². The average molecular weight is 446 g/mol. The predicted octanol–water partition coefficient (Wildman–Crippen LogP) is 3.98. The van der Waals surface area contributed by atoms with E-state index in [1.807, 2.05) is 29.2 Å². The van der Waals surface area contributed by atoms with Gasteiger partial charge in [0.1, 0.15) is 12.3 Å². The van der Waals surface area contributed by atoms with Gasteiger partial charge in [-0.1, -0.05) is 0 Å². The van der Waals surface area contributed by atoms with Crippen LogP contribution in [0.25, 0.3) is 11.1 Å². The number of aromatic nitrogens is 4. The number of aliphatic hydroxyl groups is 1. The monoisotopic (exact) mass is 445 g/mol. The number of benzene rings is 1. The second kappa shape index (κ2) is 9.57. The maximum absolute atomic E-state index is 9.78. The van der Waals surface area contributed by atoms with Crippen LogP contribution in [0.3, 0.4) is 0 Å². The summed E-state index contributed by atoms with van der Waals surface area (Å²) >= 11 is 0. The molecule has 1 aromatic carbocycles. The van der Waals surface area contributed by atoms with E-state index in [4.69, 9.17) is 4.74 Å². The van der Waals surface area contributed by atoms with Crippen molar-refractivity contribution in [2.75, 3.05) is 17.2 Å². The minimum absolute atomic E-state index is 0.000965. The second-order valence-electron chi connectivity index (χ2n) is 8.63. The molecule has 3 N–H and O–H groups in total. The van der Waals surface area contributed by atoms with Crippen LogP contribution in [0.2, 0.25) is 0 Å². The summed E-state index contributed by atoms with van der Waals surface area (Å²) < 4.78 is 7.66. The zero-order chi connectivity index (χ0) is 22.6. The van der Waals surface area contributed by atoms with Crippen LogP contribution in [0.5, 0.6) is 0 Å². The summed E-state index contributed by atoms with van der Waals surface area (Å²) in [5.41, 5.74) is 3.92. The first-order chi connectivity index (χ1) is 16.2. The van der Waals surface area contributed by atoms with E-state index in [0.29, 0.717) is 17.9 Å². The van der Waals surface area contributed by atoms with Crippen molar-refractivity contribution in [3.05, 3.63) is 48.5 Å². The van der Waals surface area contributed by atoms with Gasteiger partial charge in [0.2, 0.25) is 5.95 Å². The third kappa shape index (κ3) is 4.97. The molecule has 170 valence electrons. The van der Waals surface area contributed by atoms with Gasteiger partial charge >= 0.3 is 0 Å². The molecule has 5 rings (SSSR count). The van der Waals surface area contributed by atoms with Gasteiger partial charge in [-0.05, 0) is 56.7 Å². The zero-order valence-corrected chi connectivity index (χ0v) is 18.3. The van der Waals surface area contributed by atoms with Crippen molar-refractivity contribution in [1.82, 2.24) is 19.7 Å². The molecule has 9 heteroatoms. The number of ether oxygens (including phenoxy) is 1. The molecule has 0 radical (unpaired) electrons. The van der Waals surface area contributed by atoms with Crippen LogP contribution in [0.4, 0.5) is 17.3 Å². The maximum atomic E-state index is 9.78. The molecule has 3 unspecified atom stereocenters. The quantitative estimate of drug-likeness (QED) is 0.521. The summed E-state index contributed by atoms with van der Waals surface area (Å²) in [5.74, 6) is 0.466. The lowest BCUT2D eigenvalue weighted by atomic mass is 10.1. The van der Waals surface area contributed by atoms with Gasteiger partial charge in [-0.3, -0.25) is 0 Å². The lowest BCUT2D eigenvalue weighted by Gasteiger charge is -2.22. The molecule has 1 saturated heterocycles. The number of hydrogen-bond acceptors (Lipinski definition) is 8. The largest absolute Gasteiger partial charge is 0.393 e. The Morgan fingerprint density at radius 3 is 2.70 bits per heavy atom. The van der Waals surface area contributed by atoms with Gasteiger partial charge in [0.15, 0.2) is 0 Å². The summed E-state index contributed by atoms with van der Waals surface area (Å²) in [6.45, 7) is 0.776. The number of anilines is 3. The van der Waals surface area contributed by atoms with Crippen LogP contribution in [0.1, 0.15) is 50.3 Å². The minimum Gasteiger partial charge on any atom is -0.393 e. The average Bonchev–Trinajstić information content (AvgIpc) is 3.50.